The summed E-state index contributed by atoms with van der Waals surface area (Å²) in [5.41, 5.74) is 0.823. The predicted octanol–water partition coefficient (Wildman–Crippen LogP) is 2.12. The maximum Gasteiger partial charge on any atom is 0.257 e. The van der Waals surface area contributed by atoms with Crippen LogP contribution in [0.3, 0.4) is 0 Å². The first-order chi connectivity index (χ1) is 21.5. The summed E-state index contributed by atoms with van der Waals surface area (Å²) in [5, 5.41) is 28.3. The summed E-state index contributed by atoms with van der Waals surface area (Å²) < 4.78 is 14.6. The van der Waals surface area contributed by atoms with Gasteiger partial charge in [0, 0.05) is 91.6 Å². The van der Waals surface area contributed by atoms with Crippen LogP contribution in [0.1, 0.15) is 31.1 Å². The number of aromatic nitrogens is 2. The Labute approximate surface area is 280 Å². The Morgan fingerprint density at radius 1 is 0.587 bits per heavy atom. The van der Waals surface area contributed by atoms with E-state index in [4.69, 9.17) is 14.2 Å². The number of benzene rings is 1. The number of methoxy groups -OCH3 is 3. The zero-order valence-corrected chi connectivity index (χ0v) is 28.0. The molecule has 254 valence electrons. The Balaban J connectivity index is 0.000000653. The van der Waals surface area contributed by atoms with E-state index in [0.29, 0.717) is 45.0 Å². The fourth-order valence-corrected chi connectivity index (χ4v) is 3.39. The van der Waals surface area contributed by atoms with E-state index in [2.05, 4.69) is 9.97 Å². The predicted molar refractivity (Wildman–Crippen MR) is 166 cm³/mol. The number of ether oxygens (including phenoxy) is 3. The van der Waals surface area contributed by atoms with E-state index in [0.717, 1.165) is 0 Å². The van der Waals surface area contributed by atoms with Crippen molar-refractivity contribution < 1.29 is 61.0 Å². The fraction of sp³-hybridized carbons (Fsp3) is 0.387. The molecule has 3 aromatic rings. The number of likely N-dealkylation sites (N-methyl/N-ethyl adjacent to an activating group) is 3. The monoisotopic (exact) mass is 685 g/mol. The molecule has 0 saturated heterocycles. The molecule has 1 aromatic carbocycles. The van der Waals surface area contributed by atoms with Crippen molar-refractivity contribution >= 4 is 17.7 Å². The van der Waals surface area contributed by atoms with E-state index < -0.39 is 0 Å². The van der Waals surface area contributed by atoms with Crippen LogP contribution >= 0.6 is 0 Å². The average Bonchev–Trinajstić information content (AvgIpc) is 3.05. The number of hydrogen-bond donors (Lipinski definition) is 3. The maximum absolute atomic E-state index is 11.8. The first-order valence-corrected chi connectivity index (χ1v) is 13.8. The minimum atomic E-state index is -0.244. The molecule has 14 nitrogen and oxygen atoms in total. The quantitative estimate of drug-likeness (QED) is 0.238. The van der Waals surface area contributed by atoms with Crippen LogP contribution in [0.15, 0.2) is 61.2 Å². The number of carbonyl (C=O) groups is 3. The van der Waals surface area contributed by atoms with Crippen molar-refractivity contribution in [3.8, 4) is 17.2 Å². The minimum absolute atomic E-state index is 0. The number of aromatic hydroxyl groups is 3. The molecule has 3 N–H and O–H groups in total. The van der Waals surface area contributed by atoms with Crippen LogP contribution in [-0.4, -0.2) is 140 Å². The SMILES string of the molecule is COCCN(C)C(=O)c1ccccc1O.COCCN(C)C(=O)c1ccncc1O.COCCN(C)C(=O)c1ccncc1O.[Fe]. The minimum Gasteiger partial charge on any atom is -0.507 e. The number of hydrogen-bond acceptors (Lipinski definition) is 11. The number of amides is 3. The van der Waals surface area contributed by atoms with Crippen molar-refractivity contribution in [3.63, 3.8) is 0 Å². The molecule has 0 unspecified atom stereocenters. The van der Waals surface area contributed by atoms with Crippen molar-refractivity contribution in [2.45, 2.75) is 0 Å². The number of rotatable bonds is 12. The first kappa shape index (κ1) is 41.7. The molecule has 2 heterocycles. The van der Waals surface area contributed by atoms with E-state index in [1.807, 2.05) is 0 Å². The Bertz CT molecular complexity index is 1190. The van der Waals surface area contributed by atoms with Crippen LogP contribution in [0.2, 0.25) is 0 Å². The van der Waals surface area contributed by atoms with Gasteiger partial charge in [-0.25, -0.2) is 0 Å². The van der Waals surface area contributed by atoms with E-state index in [9.17, 15) is 29.7 Å². The van der Waals surface area contributed by atoms with Gasteiger partial charge in [0.2, 0.25) is 0 Å². The molecular weight excluding hydrogens is 642 g/mol. The zero-order chi connectivity index (χ0) is 33.8. The van der Waals surface area contributed by atoms with Gasteiger partial charge in [0.15, 0.2) is 0 Å². The third-order valence-corrected chi connectivity index (χ3v) is 6.13. The van der Waals surface area contributed by atoms with Crippen molar-refractivity contribution in [2.75, 3.05) is 81.9 Å². The Hall–Kier alpha value is -4.27. The smallest absolute Gasteiger partial charge is 0.257 e. The maximum atomic E-state index is 11.8. The molecule has 2 aromatic heterocycles. The number of carbonyl (C=O) groups excluding carboxylic acids is 3. The molecule has 3 amide bonds. The Morgan fingerprint density at radius 3 is 1.22 bits per heavy atom. The van der Waals surface area contributed by atoms with Crippen molar-refractivity contribution in [1.29, 1.82) is 0 Å². The summed E-state index contributed by atoms with van der Waals surface area (Å²) in [6.07, 6.45) is 5.43. The van der Waals surface area contributed by atoms with Gasteiger partial charge in [-0.2, -0.15) is 0 Å². The van der Waals surface area contributed by atoms with E-state index in [1.54, 1.807) is 60.7 Å². The Morgan fingerprint density at radius 2 is 0.913 bits per heavy atom. The third-order valence-electron chi connectivity index (χ3n) is 6.13. The standard InChI is InChI=1S/C11H15NO3.2C10H14N2O3.Fe/c1-12(7-8-15-2)11(14)9-5-3-4-6-10(9)13;2*1-12(5-6-15-2)10(14)8-3-4-11-7-9(8)13;/h3-6,13H,7-8H2,1-2H3;2*3-4,7,13H,5-6H2,1-2H3;. The number of nitrogens with zero attached hydrogens (tertiary/aromatic N) is 5. The van der Waals surface area contributed by atoms with Crippen molar-refractivity contribution in [3.05, 3.63) is 77.9 Å². The van der Waals surface area contributed by atoms with Crippen LogP contribution in [-0.2, 0) is 31.3 Å². The summed E-state index contributed by atoms with van der Waals surface area (Å²) in [4.78, 5) is 47.2. The van der Waals surface area contributed by atoms with Gasteiger partial charge >= 0.3 is 0 Å². The van der Waals surface area contributed by atoms with Gasteiger partial charge < -0.3 is 44.2 Å². The number of phenols is 1. The second-order valence-corrected chi connectivity index (χ2v) is 9.46. The third kappa shape index (κ3) is 14.2. The molecule has 0 spiro atoms. The van der Waals surface area contributed by atoms with E-state index in [-0.39, 0.29) is 63.2 Å². The Kier molecular flexibility index (Phi) is 21.0. The van der Waals surface area contributed by atoms with Gasteiger partial charge in [0.25, 0.3) is 17.7 Å². The topological polar surface area (TPSA) is 175 Å². The molecule has 3 rings (SSSR count). The van der Waals surface area contributed by atoms with Gasteiger partial charge in [-0.15, -0.1) is 0 Å². The van der Waals surface area contributed by atoms with Gasteiger partial charge in [0.1, 0.15) is 17.2 Å². The van der Waals surface area contributed by atoms with Crippen LogP contribution < -0.4 is 0 Å². The largest absolute Gasteiger partial charge is 0.507 e. The van der Waals surface area contributed by atoms with Gasteiger partial charge in [-0.05, 0) is 24.3 Å². The molecular formula is C31H43FeN5O9. The first-order valence-electron chi connectivity index (χ1n) is 13.8. The molecule has 0 saturated carbocycles. The number of phenolic OH excluding ortho intramolecular Hbond substituents is 1. The van der Waals surface area contributed by atoms with Crippen LogP contribution in [0, 0.1) is 0 Å². The molecule has 0 aliphatic heterocycles. The van der Waals surface area contributed by atoms with Crippen molar-refractivity contribution in [2.24, 2.45) is 0 Å². The second kappa shape index (κ2) is 23.1. The second-order valence-electron chi connectivity index (χ2n) is 9.46. The summed E-state index contributed by atoms with van der Waals surface area (Å²) >= 11 is 0. The molecule has 46 heavy (non-hydrogen) atoms. The van der Waals surface area contributed by atoms with Crippen molar-refractivity contribution in [1.82, 2.24) is 24.7 Å². The molecule has 0 aliphatic rings. The summed E-state index contributed by atoms with van der Waals surface area (Å²) in [6.45, 7) is 2.88. The van der Waals surface area contributed by atoms with Crippen LogP contribution in [0.25, 0.3) is 0 Å². The average molecular weight is 686 g/mol. The van der Waals surface area contributed by atoms with Crippen LogP contribution in [0.4, 0.5) is 0 Å². The van der Waals surface area contributed by atoms with E-state index >= 15 is 0 Å². The molecule has 0 atom stereocenters. The summed E-state index contributed by atoms with van der Waals surface area (Å²) in [6, 6.07) is 9.47. The molecule has 0 fully saturated rings. The van der Waals surface area contributed by atoms with Gasteiger partial charge in [-0.3, -0.25) is 24.4 Å². The van der Waals surface area contributed by atoms with Gasteiger partial charge in [0.05, 0.1) is 48.9 Å². The summed E-state index contributed by atoms with van der Waals surface area (Å²) in [7, 11) is 9.71. The van der Waals surface area contributed by atoms with Crippen LogP contribution in [0.5, 0.6) is 17.2 Å². The summed E-state index contributed by atoms with van der Waals surface area (Å²) in [5.74, 6) is -0.894. The number of para-hydroxylation sites is 1. The van der Waals surface area contributed by atoms with Gasteiger partial charge in [-0.1, -0.05) is 12.1 Å². The molecule has 15 heteroatoms. The number of pyridine rings is 2. The zero-order valence-electron chi connectivity index (χ0n) is 26.9. The normalized spacial score (nSPS) is 9.78. The van der Waals surface area contributed by atoms with E-state index in [1.165, 1.54) is 57.7 Å². The molecule has 0 radical (unpaired) electrons. The molecule has 0 aliphatic carbocycles. The fourth-order valence-electron chi connectivity index (χ4n) is 3.39. The molecule has 0 bridgehead atoms.